The van der Waals surface area contributed by atoms with E-state index in [0.717, 1.165) is 22.2 Å². The van der Waals surface area contributed by atoms with Crippen molar-refractivity contribution in [2.24, 2.45) is 0 Å². The van der Waals surface area contributed by atoms with Gasteiger partial charge >= 0.3 is 5.69 Å². The molecule has 8 heteroatoms. The Hall–Kier alpha value is -3.52. The highest BCUT2D eigenvalue weighted by Gasteiger charge is 2.26. The zero-order chi connectivity index (χ0) is 21.7. The molecule has 156 valence electrons. The summed E-state index contributed by atoms with van der Waals surface area (Å²) in [5.41, 5.74) is 2.05. The number of anilines is 1. The summed E-state index contributed by atoms with van der Waals surface area (Å²) in [4.78, 5) is 41.3. The van der Waals surface area contributed by atoms with Crippen molar-refractivity contribution in [1.29, 1.82) is 0 Å². The van der Waals surface area contributed by atoms with Crippen molar-refractivity contribution in [2.45, 2.75) is 19.9 Å². The van der Waals surface area contributed by atoms with E-state index >= 15 is 0 Å². The van der Waals surface area contributed by atoms with Crippen molar-refractivity contribution in [1.82, 2.24) is 9.13 Å². The third-order valence-electron chi connectivity index (χ3n) is 5.64. The van der Waals surface area contributed by atoms with Gasteiger partial charge in [-0.2, -0.15) is 0 Å². The molecule has 6 nitrogen and oxygen atoms in total. The van der Waals surface area contributed by atoms with Gasteiger partial charge in [-0.15, -0.1) is 11.3 Å². The van der Waals surface area contributed by atoms with Gasteiger partial charge in [0.25, 0.3) is 5.56 Å². The molecule has 1 amide bonds. The Labute approximate surface area is 180 Å². The minimum Gasteiger partial charge on any atom is -0.310 e. The second-order valence-corrected chi connectivity index (χ2v) is 8.42. The molecule has 0 fully saturated rings. The van der Waals surface area contributed by atoms with Crippen LogP contribution in [0.25, 0.3) is 15.9 Å². The summed E-state index contributed by atoms with van der Waals surface area (Å²) in [6.07, 6.45) is 0.763. The summed E-state index contributed by atoms with van der Waals surface area (Å²) in [5, 5.41) is 1.72. The first-order chi connectivity index (χ1) is 15.0. The minimum atomic E-state index is -0.619. The molecule has 0 bridgehead atoms. The van der Waals surface area contributed by atoms with Crippen molar-refractivity contribution >= 4 is 33.1 Å². The fourth-order valence-electron chi connectivity index (χ4n) is 4.14. The maximum Gasteiger partial charge on any atom is 0.336 e. The van der Waals surface area contributed by atoms with E-state index in [0.29, 0.717) is 28.0 Å². The van der Waals surface area contributed by atoms with Gasteiger partial charge in [-0.05, 0) is 60.2 Å². The lowest BCUT2D eigenvalue weighted by Crippen LogP contribution is -2.42. The number of thiophene rings is 1. The SMILES string of the molecule is Cc1cc(F)ccc1-n1c(=O)c2sccc2n(CC(=O)N2CCc3ccccc32)c1=O. The Bertz CT molecular complexity index is 1470. The predicted octanol–water partition coefficient (Wildman–Crippen LogP) is 3.25. The highest BCUT2D eigenvalue weighted by atomic mass is 32.1. The molecule has 2 aromatic carbocycles. The number of para-hydroxylation sites is 1. The number of rotatable bonds is 3. The average Bonchev–Trinajstić information content (AvgIpc) is 3.40. The molecule has 4 aromatic rings. The van der Waals surface area contributed by atoms with Gasteiger partial charge in [0, 0.05) is 12.2 Å². The van der Waals surface area contributed by atoms with Gasteiger partial charge < -0.3 is 4.90 Å². The van der Waals surface area contributed by atoms with Crippen LogP contribution in [0, 0.1) is 12.7 Å². The topological polar surface area (TPSA) is 64.3 Å². The molecule has 5 rings (SSSR count). The van der Waals surface area contributed by atoms with E-state index in [4.69, 9.17) is 0 Å². The van der Waals surface area contributed by atoms with E-state index in [9.17, 15) is 18.8 Å². The largest absolute Gasteiger partial charge is 0.336 e. The van der Waals surface area contributed by atoms with E-state index in [1.54, 1.807) is 23.3 Å². The number of hydrogen-bond acceptors (Lipinski definition) is 4. The number of hydrogen-bond donors (Lipinski definition) is 0. The van der Waals surface area contributed by atoms with Gasteiger partial charge in [0.1, 0.15) is 17.1 Å². The van der Waals surface area contributed by atoms with Crippen LogP contribution in [0.3, 0.4) is 0 Å². The fourth-order valence-corrected chi connectivity index (χ4v) is 4.96. The standard InChI is InChI=1S/C23H18FN3O3S/c1-14-12-16(24)6-7-17(14)27-22(29)21-19(9-11-31-21)26(23(27)30)13-20(28)25-10-8-15-4-2-3-5-18(15)25/h2-7,9,11-12H,8,10,13H2,1H3. The van der Waals surface area contributed by atoms with E-state index in [-0.39, 0.29) is 12.5 Å². The van der Waals surface area contributed by atoms with Gasteiger partial charge in [-0.3, -0.25) is 14.2 Å². The first kappa shape index (κ1) is 19.4. The number of benzene rings is 2. The third-order valence-corrected chi connectivity index (χ3v) is 6.53. The molecular weight excluding hydrogens is 417 g/mol. The third kappa shape index (κ3) is 3.11. The average molecular weight is 435 g/mol. The monoisotopic (exact) mass is 435 g/mol. The maximum absolute atomic E-state index is 13.6. The predicted molar refractivity (Wildman–Crippen MR) is 119 cm³/mol. The van der Waals surface area contributed by atoms with E-state index < -0.39 is 17.1 Å². The van der Waals surface area contributed by atoms with Crippen LogP contribution in [0.4, 0.5) is 10.1 Å². The van der Waals surface area contributed by atoms with Crippen LogP contribution in [-0.4, -0.2) is 21.6 Å². The first-order valence-corrected chi connectivity index (χ1v) is 10.7. The number of halogens is 1. The van der Waals surface area contributed by atoms with Crippen LogP contribution in [0.1, 0.15) is 11.1 Å². The molecule has 0 saturated carbocycles. The van der Waals surface area contributed by atoms with Gasteiger partial charge in [-0.1, -0.05) is 18.2 Å². The maximum atomic E-state index is 13.6. The summed E-state index contributed by atoms with van der Waals surface area (Å²) >= 11 is 1.21. The van der Waals surface area contributed by atoms with E-state index in [1.165, 1.54) is 34.1 Å². The minimum absolute atomic E-state index is 0.194. The molecule has 31 heavy (non-hydrogen) atoms. The van der Waals surface area contributed by atoms with E-state index in [1.807, 2.05) is 24.3 Å². The summed E-state index contributed by atoms with van der Waals surface area (Å²) in [5.74, 6) is -0.671. The Morgan fingerprint density at radius 3 is 2.71 bits per heavy atom. The van der Waals surface area contributed by atoms with Crippen LogP contribution in [0.5, 0.6) is 0 Å². The highest BCUT2D eigenvalue weighted by Crippen LogP contribution is 2.28. The van der Waals surface area contributed by atoms with Crippen molar-refractivity contribution in [3.05, 3.63) is 91.7 Å². The molecule has 0 N–H and O–H groups in total. The molecule has 1 aliphatic rings. The molecule has 0 saturated heterocycles. The van der Waals surface area contributed by atoms with Crippen molar-refractivity contribution in [3.63, 3.8) is 0 Å². The number of aromatic nitrogens is 2. The number of carbonyl (C=O) groups is 1. The lowest BCUT2D eigenvalue weighted by molar-refractivity contribution is -0.119. The highest BCUT2D eigenvalue weighted by molar-refractivity contribution is 7.17. The lowest BCUT2D eigenvalue weighted by Gasteiger charge is -2.19. The van der Waals surface area contributed by atoms with Crippen LogP contribution in [-0.2, 0) is 17.8 Å². The molecule has 3 heterocycles. The number of fused-ring (bicyclic) bond motifs is 2. The lowest BCUT2D eigenvalue weighted by atomic mass is 10.2. The fraction of sp³-hybridized carbons (Fsp3) is 0.174. The first-order valence-electron chi connectivity index (χ1n) is 9.83. The molecule has 1 aliphatic heterocycles. The zero-order valence-corrected chi connectivity index (χ0v) is 17.5. The Morgan fingerprint density at radius 2 is 1.90 bits per heavy atom. The van der Waals surface area contributed by atoms with Crippen LogP contribution >= 0.6 is 11.3 Å². The van der Waals surface area contributed by atoms with Gasteiger partial charge in [0.05, 0.1) is 11.2 Å². The molecule has 0 atom stereocenters. The molecule has 0 unspecified atom stereocenters. The Morgan fingerprint density at radius 1 is 1.10 bits per heavy atom. The molecule has 0 spiro atoms. The second-order valence-electron chi connectivity index (χ2n) is 7.50. The smallest absolute Gasteiger partial charge is 0.310 e. The number of aryl methyl sites for hydroxylation is 1. The van der Waals surface area contributed by atoms with Crippen LogP contribution in [0.15, 0.2) is 63.5 Å². The van der Waals surface area contributed by atoms with Gasteiger partial charge in [0.2, 0.25) is 5.91 Å². The second kappa shape index (κ2) is 7.31. The van der Waals surface area contributed by atoms with E-state index in [2.05, 4.69) is 0 Å². The summed E-state index contributed by atoms with van der Waals surface area (Å²) in [6, 6.07) is 13.3. The number of nitrogens with zero attached hydrogens (tertiary/aromatic N) is 3. The normalized spacial score (nSPS) is 13.0. The molecule has 0 radical (unpaired) electrons. The van der Waals surface area contributed by atoms with Gasteiger partial charge in [0.15, 0.2) is 0 Å². The van der Waals surface area contributed by atoms with Crippen LogP contribution < -0.4 is 16.1 Å². The molecular formula is C23H18FN3O3S. The molecule has 2 aromatic heterocycles. The van der Waals surface area contributed by atoms with Crippen molar-refractivity contribution < 1.29 is 9.18 Å². The molecule has 0 aliphatic carbocycles. The Kier molecular flexibility index (Phi) is 4.59. The summed E-state index contributed by atoms with van der Waals surface area (Å²) in [7, 11) is 0. The quantitative estimate of drug-likeness (QED) is 0.496. The Balaban J connectivity index is 1.65. The van der Waals surface area contributed by atoms with Crippen molar-refractivity contribution in [2.75, 3.05) is 11.4 Å². The van der Waals surface area contributed by atoms with Crippen molar-refractivity contribution in [3.8, 4) is 5.69 Å². The van der Waals surface area contributed by atoms with Gasteiger partial charge in [-0.25, -0.2) is 13.8 Å². The number of carbonyl (C=O) groups excluding carboxylic acids is 1. The number of amides is 1. The summed E-state index contributed by atoms with van der Waals surface area (Å²) < 4.78 is 16.3. The zero-order valence-electron chi connectivity index (χ0n) is 16.7. The van der Waals surface area contributed by atoms with Crippen LogP contribution in [0.2, 0.25) is 0 Å². The summed E-state index contributed by atoms with van der Waals surface area (Å²) in [6.45, 7) is 2.00.